The third-order valence-electron chi connectivity index (χ3n) is 4.79. The average Bonchev–Trinajstić information content (AvgIpc) is 3.10. The van der Waals surface area contributed by atoms with Crippen LogP contribution in [0.25, 0.3) is 11.8 Å². The lowest BCUT2D eigenvalue weighted by atomic mass is 10.1. The van der Waals surface area contributed by atoms with Crippen molar-refractivity contribution in [3.05, 3.63) is 112 Å². The second kappa shape index (κ2) is 8.05. The minimum absolute atomic E-state index is 0.00780. The first-order valence-electron chi connectivity index (χ1n) is 9.28. The van der Waals surface area contributed by atoms with Gasteiger partial charge in [-0.2, -0.15) is 0 Å². The molecule has 0 spiro atoms. The molecular formula is C24H18N2O4. The molecule has 1 amide bonds. The Morgan fingerprint density at radius 1 is 0.967 bits per heavy atom. The maximum absolute atomic E-state index is 13.3. The van der Waals surface area contributed by atoms with Crippen LogP contribution in [0.2, 0.25) is 0 Å². The number of carbonyl (C=O) groups is 1. The van der Waals surface area contributed by atoms with Gasteiger partial charge in [0.25, 0.3) is 11.6 Å². The zero-order valence-electron chi connectivity index (χ0n) is 16.2. The lowest BCUT2D eigenvalue weighted by Gasteiger charge is -2.21. The quantitative estimate of drug-likeness (QED) is 0.341. The molecule has 1 heterocycles. The van der Waals surface area contributed by atoms with E-state index in [0.717, 1.165) is 11.3 Å². The van der Waals surface area contributed by atoms with Gasteiger partial charge in [-0.15, -0.1) is 0 Å². The van der Waals surface area contributed by atoms with Gasteiger partial charge in [-0.05, 0) is 47.5 Å². The van der Waals surface area contributed by atoms with Gasteiger partial charge in [-0.1, -0.05) is 36.4 Å². The number of amides is 1. The van der Waals surface area contributed by atoms with Crippen molar-refractivity contribution in [3.8, 4) is 5.75 Å². The first-order valence-corrected chi connectivity index (χ1v) is 9.28. The molecule has 0 atom stereocenters. The zero-order valence-corrected chi connectivity index (χ0v) is 16.2. The molecule has 0 unspecified atom stereocenters. The maximum Gasteiger partial charge on any atom is 0.269 e. The lowest BCUT2D eigenvalue weighted by molar-refractivity contribution is -0.384. The number of hydrogen-bond acceptors (Lipinski definition) is 4. The maximum atomic E-state index is 13.3. The van der Waals surface area contributed by atoms with Crippen molar-refractivity contribution >= 4 is 29.1 Å². The number of non-ortho nitro benzene ring substituents is 1. The van der Waals surface area contributed by atoms with E-state index in [1.54, 1.807) is 30.2 Å². The molecule has 4 rings (SSSR count). The monoisotopic (exact) mass is 398 g/mol. The topological polar surface area (TPSA) is 72.7 Å². The van der Waals surface area contributed by atoms with E-state index in [0.29, 0.717) is 22.6 Å². The SMILES string of the molecule is COc1cccc(N2C(=O)C(=Cc3ccc([N+](=O)[O-])cc3)C=C2c2ccccc2)c1. The van der Waals surface area contributed by atoms with E-state index in [-0.39, 0.29) is 11.6 Å². The summed E-state index contributed by atoms with van der Waals surface area (Å²) in [6.45, 7) is 0. The Bertz CT molecular complexity index is 1170. The number of methoxy groups -OCH3 is 1. The Morgan fingerprint density at radius 3 is 2.37 bits per heavy atom. The third kappa shape index (κ3) is 3.71. The Hall–Kier alpha value is -4.19. The minimum atomic E-state index is -0.449. The number of carbonyl (C=O) groups excluding carboxylic acids is 1. The molecule has 6 heteroatoms. The van der Waals surface area contributed by atoms with E-state index in [4.69, 9.17) is 4.74 Å². The summed E-state index contributed by atoms with van der Waals surface area (Å²) >= 11 is 0. The molecule has 0 saturated heterocycles. The average molecular weight is 398 g/mol. The molecule has 6 nitrogen and oxygen atoms in total. The highest BCUT2D eigenvalue weighted by molar-refractivity contribution is 6.23. The van der Waals surface area contributed by atoms with Crippen LogP contribution in [-0.4, -0.2) is 17.9 Å². The molecule has 0 aromatic heterocycles. The van der Waals surface area contributed by atoms with Crippen LogP contribution in [-0.2, 0) is 4.79 Å². The summed E-state index contributed by atoms with van der Waals surface area (Å²) in [5.41, 5.74) is 3.56. The molecule has 0 N–H and O–H groups in total. The highest BCUT2D eigenvalue weighted by Gasteiger charge is 2.30. The molecule has 0 bridgehead atoms. The van der Waals surface area contributed by atoms with Gasteiger partial charge in [0.15, 0.2) is 0 Å². The van der Waals surface area contributed by atoms with Crippen molar-refractivity contribution in [3.63, 3.8) is 0 Å². The van der Waals surface area contributed by atoms with E-state index in [2.05, 4.69) is 0 Å². The van der Waals surface area contributed by atoms with Crippen molar-refractivity contribution in [2.45, 2.75) is 0 Å². The fourth-order valence-corrected chi connectivity index (χ4v) is 3.31. The lowest BCUT2D eigenvalue weighted by Crippen LogP contribution is -2.24. The summed E-state index contributed by atoms with van der Waals surface area (Å²) in [5, 5.41) is 10.9. The predicted octanol–water partition coefficient (Wildman–Crippen LogP) is 5.07. The van der Waals surface area contributed by atoms with Crippen LogP contribution < -0.4 is 9.64 Å². The number of rotatable bonds is 5. The summed E-state index contributed by atoms with van der Waals surface area (Å²) < 4.78 is 5.32. The molecule has 1 aliphatic heterocycles. The van der Waals surface area contributed by atoms with Crippen LogP contribution in [0.5, 0.6) is 5.75 Å². The number of benzene rings is 3. The van der Waals surface area contributed by atoms with E-state index < -0.39 is 4.92 Å². The van der Waals surface area contributed by atoms with Gasteiger partial charge in [0.2, 0.25) is 0 Å². The molecular weight excluding hydrogens is 380 g/mol. The van der Waals surface area contributed by atoms with Crippen molar-refractivity contribution in [2.75, 3.05) is 12.0 Å². The number of nitro groups is 1. The van der Waals surface area contributed by atoms with Crippen molar-refractivity contribution in [1.82, 2.24) is 0 Å². The van der Waals surface area contributed by atoms with E-state index in [1.807, 2.05) is 60.7 Å². The van der Waals surface area contributed by atoms with Gasteiger partial charge >= 0.3 is 0 Å². The van der Waals surface area contributed by atoms with Gasteiger partial charge < -0.3 is 4.74 Å². The highest BCUT2D eigenvalue weighted by Crippen LogP contribution is 2.36. The van der Waals surface area contributed by atoms with Crippen LogP contribution in [0.15, 0.2) is 90.5 Å². The molecule has 1 aliphatic rings. The van der Waals surface area contributed by atoms with Gasteiger partial charge in [0.05, 0.1) is 23.4 Å². The minimum Gasteiger partial charge on any atom is -0.497 e. The van der Waals surface area contributed by atoms with Crippen LogP contribution in [0.4, 0.5) is 11.4 Å². The second-order valence-electron chi connectivity index (χ2n) is 6.69. The molecule has 0 aliphatic carbocycles. The number of hydrogen-bond donors (Lipinski definition) is 0. The zero-order chi connectivity index (χ0) is 21.1. The molecule has 3 aromatic rings. The highest BCUT2D eigenvalue weighted by atomic mass is 16.6. The third-order valence-corrected chi connectivity index (χ3v) is 4.79. The molecule has 0 radical (unpaired) electrons. The van der Waals surface area contributed by atoms with E-state index in [9.17, 15) is 14.9 Å². The molecule has 0 saturated carbocycles. The Kier molecular flexibility index (Phi) is 5.13. The number of nitro benzene ring substituents is 1. The number of anilines is 1. The normalized spacial score (nSPS) is 14.7. The van der Waals surface area contributed by atoms with Crippen LogP contribution in [0, 0.1) is 10.1 Å². The predicted molar refractivity (Wildman–Crippen MR) is 116 cm³/mol. The molecule has 148 valence electrons. The molecule has 0 fully saturated rings. The van der Waals surface area contributed by atoms with E-state index >= 15 is 0 Å². The summed E-state index contributed by atoms with van der Waals surface area (Å²) in [6, 6.07) is 23.1. The van der Waals surface area contributed by atoms with Crippen LogP contribution in [0.1, 0.15) is 11.1 Å². The summed E-state index contributed by atoms with van der Waals surface area (Å²) in [4.78, 5) is 25.4. The molecule has 30 heavy (non-hydrogen) atoms. The first-order chi connectivity index (χ1) is 14.6. The van der Waals surface area contributed by atoms with E-state index in [1.165, 1.54) is 12.1 Å². The largest absolute Gasteiger partial charge is 0.497 e. The number of nitrogens with zero attached hydrogens (tertiary/aromatic N) is 2. The fraction of sp³-hybridized carbons (Fsp3) is 0.0417. The Labute approximate surface area is 173 Å². The van der Waals surface area contributed by atoms with Gasteiger partial charge in [0, 0.05) is 23.8 Å². The Morgan fingerprint density at radius 2 is 1.70 bits per heavy atom. The van der Waals surface area contributed by atoms with Crippen molar-refractivity contribution < 1.29 is 14.5 Å². The number of ether oxygens (including phenoxy) is 1. The smallest absolute Gasteiger partial charge is 0.269 e. The van der Waals surface area contributed by atoms with Crippen LogP contribution in [0.3, 0.4) is 0 Å². The van der Waals surface area contributed by atoms with Crippen LogP contribution >= 0.6 is 0 Å². The standard InChI is InChI=1S/C24H18N2O4/c1-30-22-9-5-8-21(16-22)25-23(18-6-3-2-4-7-18)15-19(24(25)27)14-17-10-12-20(13-11-17)26(28)29/h2-16H,1H3. The Balaban J connectivity index is 1.78. The fourth-order valence-electron chi connectivity index (χ4n) is 3.31. The first kappa shape index (κ1) is 19.1. The molecule has 3 aromatic carbocycles. The van der Waals surface area contributed by atoms with Gasteiger partial charge in [-0.25, -0.2) is 0 Å². The summed E-state index contributed by atoms with van der Waals surface area (Å²) in [6.07, 6.45) is 3.56. The van der Waals surface area contributed by atoms with Gasteiger partial charge in [-0.3, -0.25) is 19.8 Å². The summed E-state index contributed by atoms with van der Waals surface area (Å²) in [7, 11) is 1.58. The van der Waals surface area contributed by atoms with Gasteiger partial charge in [0.1, 0.15) is 5.75 Å². The summed E-state index contributed by atoms with van der Waals surface area (Å²) in [5.74, 6) is 0.473. The van der Waals surface area contributed by atoms with Crippen molar-refractivity contribution in [1.29, 1.82) is 0 Å². The van der Waals surface area contributed by atoms with Crippen molar-refractivity contribution in [2.24, 2.45) is 0 Å². The second-order valence-corrected chi connectivity index (χ2v) is 6.69.